The van der Waals surface area contributed by atoms with E-state index in [1.165, 1.54) is 11.1 Å². The van der Waals surface area contributed by atoms with Crippen LogP contribution in [-0.4, -0.2) is 98.8 Å². The van der Waals surface area contributed by atoms with Gasteiger partial charge < -0.3 is 19.5 Å². The van der Waals surface area contributed by atoms with Crippen molar-refractivity contribution in [2.24, 2.45) is 0 Å². The van der Waals surface area contributed by atoms with Crippen molar-refractivity contribution in [3.05, 3.63) is 41.3 Å². The summed E-state index contributed by atoms with van der Waals surface area (Å²) in [6.07, 6.45) is 3.67. The predicted molar refractivity (Wildman–Crippen MR) is 152 cm³/mol. The van der Waals surface area contributed by atoms with Crippen molar-refractivity contribution in [3.8, 4) is 11.3 Å². The molecule has 6 heterocycles. The van der Waals surface area contributed by atoms with Crippen molar-refractivity contribution in [2.75, 3.05) is 57.4 Å². The molecule has 39 heavy (non-hydrogen) atoms. The highest BCUT2D eigenvalue weighted by Crippen LogP contribution is 2.38. The van der Waals surface area contributed by atoms with Crippen LogP contribution in [0.25, 0.3) is 27.9 Å². The molecule has 0 radical (unpaired) electrons. The number of H-pyrrole nitrogens is 1. The van der Waals surface area contributed by atoms with E-state index in [-0.39, 0.29) is 17.9 Å². The van der Waals surface area contributed by atoms with Gasteiger partial charge in [0.05, 0.1) is 36.5 Å². The van der Waals surface area contributed by atoms with E-state index < -0.39 is 0 Å². The van der Waals surface area contributed by atoms with Crippen LogP contribution < -0.4 is 4.90 Å². The first kappa shape index (κ1) is 25.8. The molecule has 1 amide bonds. The summed E-state index contributed by atoms with van der Waals surface area (Å²) in [5.41, 5.74) is 8.66. The van der Waals surface area contributed by atoms with Crippen molar-refractivity contribution in [2.45, 2.75) is 46.6 Å². The summed E-state index contributed by atoms with van der Waals surface area (Å²) < 4.78 is 7.28. The zero-order chi connectivity index (χ0) is 27.3. The molecule has 0 spiro atoms. The van der Waals surface area contributed by atoms with Gasteiger partial charge in [0.15, 0.2) is 5.65 Å². The highest BCUT2D eigenvalue weighted by Gasteiger charge is 2.30. The zero-order valence-electron chi connectivity index (χ0n) is 23.6. The summed E-state index contributed by atoms with van der Waals surface area (Å²) in [4.78, 5) is 32.9. The lowest BCUT2D eigenvalue weighted by Crippen LogP contribution is -2.56. The third-order valence-electron chi connectivity index (χ3n) is 8.37. The molecule has 2 saturated heterocycles. The average molecular weight is 531 g/mol. The molecule has 2 fully saturated rings. The fraction of sp³-hybridized carbons (Fsp3) is 0.517. The number of aryl methyl sites for hydroxylation is 1. The topological polar surface area (TPSA) is 94.9 Å². The van der Waals surface area contributed by atoms with Crippen molar-refractivity contribution in [3.63, 3.8) is 0 Å². The van der Waals surface area contributed by atoms with E-state index in [0.29, 0.717) is 26.3 Å². The Morgan fingerprint density at radius 3 is 2.67 bits per heavy atom. The quantitative estimate of drug-likeness (QED) is 0.423. The third-order valence-corrected chi connectivity index (χ3v) is 8.37. The van der Waals surface area contributed by atoms with Gasteiger partial charge in [0.2, 0.25) is 5.91 Å². The number of rotatable bonds is 5. The van der Waals surface area contributed by atoms with Gasteiger partial charge in [-0.1, -0.05) is 13.8 Å². The van der Waals surface area contributed by atoms with Crippen molar-refractivity contribution in [1.82, 2.24) is 34.4 Å². The molecule has 0 unspecified atom stereocenters. The number of nitrogens with zero attached hydrogens (tertiary/aromatic N) is 7. The first-order valence-corrected chi connectivity index (χ1v) is 14.0. The fourth-order valence-corrected chi connectivity index (χ4v) is 6.06. The summed E-state index contributed by atoms with van der Waals surface area (Å²) in [5, 5.41) is 4.40. The number of amides is 1. The Bertz CT molecular complexity index is 1520. The van der Waals surface area contributed by atoms with Gasteiger partial charge in [-0.3, -0.25) is 9.69 Å². The summed E-state index contributed by atoms with van der Waals surface area (Å²) in [7, 11) is 0. The predicted octanol–water partition coefficient (Wildman–Crippen LogP) is 3.38. The largest absolute Gasteiger partial charge is 0.379 e. The summed E-state index contributed by atoms with van der Waals surface area (Å²) >= 11 is 0. The number of hydrogen-bond acceptors (Lipinski definition) is 7. The SMILES string of the molecule is Cc1c(-c2[nH]c3ccc(N4CCN(C(=O)CN5CCOCC5)[C@@H](C)C4)nc3c2C(C)C)cn2ncnc2c1C. The third kappa shape index (κ3) is 4.65. The number of ether oxygens (including phenoxy) is 1. The van der Waals surface area contributed by atoms with Gasteiger partial charge >= 0.3 is 0 Å². The second kappa shape index (κ2) is 10.2. The molecule has 206 valence electrons. The maximum absolute atomic E-state index is 13.1. The number of anilines is 1. The van der Waals surface area contributed by atoms with E-state index in [4.69, 9.17) is 9.72 Å². The molecule has 0 aliphatic carbocycles. The molecule has 4 aromatic heterocycles. The second-order valence-electron chi connectivity index (χ2n) is 11.2. The molecule has 2 aliphatic heterocycles. The lowest BCUT2D eigenvalue weighted by atomic mass is 9.95. The number of nitrogens with one attached hydrogen (secondary N) is 1. The van der Waals surface area contributed by atoms with Crippen LogP contribution in [0.15, 0.2) is 24.7 Å². The van der Waals surface area contributed by atoms with Crippen LogP contribution in [0.3, 0.4) is 0 Å². The van der Waals surface area contributed by atoms with Crippen LogP contribution >= 0.6 is 0 Å². The average Bonchev–Trinajstić information content (AvgIpc) is 3.55. The second-order valence-corrected chi connectivity index (χ2v) is 11.2. The van der Waals surface area contributed by atoms with E-state index in [9.17, 15) is 4.79 Å². The fourth-order valence-electron chi connectivity index (χ4n) is 6.06. The van der Waals surface area contributed by atoms with Crippen molar-refractivity contribution < 1.29 is 9.53 Å². The number of morpholine rings is 1. The molecule has 2 aliphatic rings. The van der Waals surface area contributed by atoms with E-state index >= 15 is 0 Å². The van der Waals surface area contributed by atoms with Gasteiger partial charge in [0.25, 0.3) is 0 Å². The molecule has 1 atom stereocenters. The normalized spacial score (nSPS) is 19.1. The number of carbonyl (C=O) groups excluding carboxylic acids is 1. The van der Waals surface area contributed by atoms with Crippen LogP contribution in [0, 0.1) is 13.8 Å². The lowest BCUT2D eigenvalue weighted by molar-refractivity contribution is -0.135. The lowest BCUT2D eigenvalue weighted by Gasteiger charge is -2.41. The first-order chi connectivity index (χ1) is 18.8. The molecule has 0 aromatic carbocycles. The summed E-state index contributed by atoms with van der Waals surface area (Å²) in [5.74, 6) is 1.44. The zero-order valence-corrected chi connectivity index (χ0v) is 23.6. The highest BCUT2D eigenvalue weighted by molar-refractivity contribution is 5.90. The molecular formula is C29H38N8O2. The van der Waals surface area contributed by atoms with Gasteiger partial charge in [-0.15, -0.1) is 0 Å². The van der Waals surface area contributed by atoms with Crippen LogP contribution in [0.1, 0.15) is 43.4 Å². The van der Waals surface area contributed by atoms with E-state index in [1.807, 2.05) is 9.42 Å². The number of fused-ring (bicyclic) bond motifs is 2. The van der Waals surface area contributed by atoms with Gasteiger partial charge in [-0.2, -0.15) is 5.10 Å². The van der Waals surface area contributed by atoms with Crippen LogP contribution in [0.4, 0.5) is 5.82 Å². The van der Waals surface area contributed by atoms with Crippen molar-refractivity contribution >= 4 is 28.4 Å². The minimum atomic E-state index is 0.121. The highest BCUT2D eigenvalue weighted by atomic mass is 16.5. The Labute approximate surface area is 229 Å². The number of aromatic amines is 1. The maximum Gasteiger partial charge on any atom is 0.237 e. The molecule has 0 saturated carbocycles. The first-order valence-electron chi connectivity index (χ1n) is 14.0. The number of hydrogen-bond donors (Lipinski definition) is 1. The van der Waals surface area contributed by atoms with Crippen LogP contribution in [0.2, 0.25) is 0 Å². The number of pyridine rings is 2. The van der Waals surface area contributed by atoms with E-state index in [0.717, 1.165) is 65.5 Å². The van der Waals surface area contributed by atoms with Gasteiger partial charge in [-0.25, -0.2) is 14.5 Å². The summed E-state index contributed by atoms with van der Waals surface area (Å²) in [6.45, 7) is 16.6. The van der Waals surface area contributed by atoms with Gasteiger partial charge in [0.1, 0.15) is 12.1 Å². The number of aromatic nitrogens is 5. The van der Waals surface area contributed by atoms with Crippen molar-refractivity contribution in [1.29, 1.82) is 0 Å². The van der Waals surface area contributed by atoms with Gasteiger partial charge in [-0.05, 0) is 49.9 Å². The van der Waals surface area contributed by atoms with E-state index in [2.05, 4.69) is 77.8 Å². The molecular weight excluding hydrogens is 492 g/mol. The molecule has 6 rings (SSSR count). The van der Waals surface area contributed by atoms with E-state index in [1.54, 1.807) is 6.33 Å². The number of carbonyl (C=O) groups is 1. The summed E-state index contributed by atoms with van der Waals surface area (Å²) in [6, 6.07) is 4.36. The van der Waals surface area contributed by atoms with Crippen LogP contribution in [-0.2, 0) is 9.53 Å². The molecule has 10 nitrogen and oxygen atoms in total. The Hall–Kier alpha value is -3.50. The molecule has 4 aromatic rings. The Balaban J connectivity index is 1.28. The molecule has 0 bridgehead atoms. The number of piperazine rings is 1. The smallest absolute Gasteiger partial charge is 0.237 e. The Morgan fingerprint density at radius 1 is 1.13 bits per heavy atom. The minimum absolute atomic E-state index is 0.121. The molecule has 10 heteroatoms. The van der Waals surface area contributed by atoms with Crippen LogP contribution in [0.5, 0.6) is 0 Å². The minimum Gasteiger partial charge on any atom is -0.379 e. The maximum atomic E-state index is 13.1. The monoisotopic (exact) mass is 530 g/mol. The molecule has 1 N–H and O–H groups in total. The standard InChI is InChI=1S/C29H38N8O2/c1-18(2)26-27(22-15-37-29(30-17-31-37)21(5)20(22)4)32-23-6-7-24(33-28(23)26)35-8-9-36(19(3)14-35)25(38)16-34-10-12-39-13-11-34/h6-7,15,17-19,32H,8-14,16H2,1-5H3/t19-/m0/s1. The van der Waals surface area contributed by atoms with Gasteiger partial charge in [0, 0.05) is 56.1 Å². The Morgan fingerprint density at radius 2 is 1.92 bits per heavy atom. The Kier molecular flexibility index (Phi) is 6.76.